The van der Waals surface area contributed by atoms with Crippen LogP contribution in [0.15, 0.2) is 35.5 Å². The first-order chi connectivity index (χ1) is 14.3. The molecule has 1 heteroatoms. The van der Waals surface area contributed by atoms with Crippen LogP contribution in [0.5, 0.6) is 0 Å². The average molecular weight is 411 g/mol. The molecule has 0 spiro atoms. The second-order valence-electron chi connectivity index (χ2n) is 11.3. The standard InChI is InChI=1S/C29H46O/c1-7-8-9-28-27(15-14-25-19-26(30)16-17-29(25,28)6)24-13-12-23(18-24)22(5)11-10-21(4)20(2)3/h10-11,15,19-24,28H,7-9,12-14,16-18H2,1-6H3/b11-10+/t21?,22-,23+,24?,28?,29+/m1/s1. The third kappa shape index (κ3) is 5.03. The minimum Gasteiger partial charge on any atom is -0.295 e. The molecule has 30 heavy (non-hydrogen) atoms. The molecule has 0 saturated heterocycles. The Morgan fingerprint density at radius 3 is 2.63 bits per heavy atom. The lowest BCUT2D eigenvalue weighted by molar-refractivity contribution is -0.116. The molecule has 0 heterocycles. The molecule has 1 nitrogen and oxygen atoms in total. The third-order valence-corrected chi connectivity index (χ3v) is 8.99. The first-order valence-corrected chi connectivity index (χ1v) is 12.9. The van der Waals surface area contributed by atoms with Crippen LogP contribution in [0.4, 0.5) is 0 Å². The fraction of sp³-hybridized carbons (Fsp3) is 0.759. The van der Waals surface area contributed by atoms with Crippen molar-refractivity contribution in [3.8, 4) is 0 Å². The maximum absolute atomic E-state index is 12.1. The Morgan fingerprint density at radius 1 is 1.17 bits per heavy atom. The van der Waals surface area contributed by atoms with Gasteiger partial charge in [-0.05, 0) is 85.5 Å². The van der Waals surface area contributed by atoms with Crippen molar-refractivity contribution >= 4 is 5.78 Å². The maximum Gasteiger partial charge on any atom is 0.155 e. The molecule has 0 bridgehead atoms. The number of rotatable bonds is 8. The van der Waals surface area contributed by atoms with Crippen LogP contribution >= 0.6 is 0 Å². The molecule has 0 aromatic heterocycles. The van der Waals surface area contributed by atoms with Crippen molar-refractivity contribution in [2.24, 2.45) is 40.9 Å². The number of allylic oxidation sites excluding steroid dienone is 6. The summed E-state index contributed by atoms with van der Waals surface area (Å²) >= 11 is 0. The van der Waals surface area contributed by atoms with Crippen molar-refractivity contribution in [2.45, 2.75) is 99.3 Å². The Bertz CT molecular complexity index is 693. The number of hydrogen-bond acceptors (Lipinski definition) is 1. The van der Waals surface area contributed by atoms with Gasteiger partial charge >= 0.3 is 0 Å². The molecule has 0 N–H and O–H groups in total. The molecule has 0 aliphatic heterocycles. The summed E-state index contributed by atoms with van der Waals surface area (Å²) in [5.74, 6) is 4.69. The van der Waals surface area contributed by atoms with E-state index in [-0.39, 0.29) is 5.41 Å². The summed E-state index contributed by atoms with van der Waals surface area (Å²) in [7, 11) is 0. The number of fused-ring (bicyclic) bond motifs is 1. The van der Waals surface area contributed by atoms with Crippen LogP contribution in [-0.4, -0.2) is 5.78 Å². The van der Waals surface area contributed by atoms with Gasteiger partial charge in [-0.2, -0.15) is 0 Å². The summed E-state index contributed by atoms with van der Waals surface area (Å²) in [5, 5.41) is 0. The first-order valence-electron chi connectivity index (χ1n) is 12.9. The molecule has 0 radical (unpaired) electrons. The van der Waals surface area contributed by atoms with Gasteiger partial charge in [0.25, 0.3) is 0 Å². The Labute approximate surface area is 186 Å². The Kier molecular flexibility index (Phi) is 7.86. The molecular weight excluding hydrogens is 364 g/mol. The van der Waals surface area contributed by atoms with Crippen molar-refractivity contribution in [1.82, 2.24) is 0 Å². The normalized spacial score (nSPS) is 34.1. The zero-order valence-corrected chi connectivity index (χ0v) is 20.5. The Balaban J connectivity index is 1.74. The van der Waals surface area contributed by atoms with Crippen molar-refractivity contribution in [3.63, 3.8) is 0 Å². The number of ketones is 1. The van der Waals surface area contributed by atoms with Crippen LogP contribution in [0.25, 0.3) is 0 Å². The molecule has 3 rings (SSSR count). The highest BCUT2D eigenvalue weighted by Gasteiger charge is 2.46. The van der Waals surface area contributed by atoms with Crippen molar-refractivity contribution < 1.29 is 4.79 Å². The van der Waals surface area contributed by atoms with Gasteiger partial charge in [0.15, 0.2) is 5.78 Å². The van der Waals surface area contributed by atoms with Gasteiger partial charge in [-0.3, -0.25) is 4.79 Å². The Hall–Kier alpha value is -1.11. The fourth-order valence-electron chi connectivity index (χ4n) is 6.27. The molecule has 6 atom stereocenters. The molecule has 1 fully saturated rings. The highest BCUT2D eigenvalue weighted by atomic mass is 16.1. The van der Waals surface area contributed by atoms with E-state index in [4.69, 9.17) is 0 Å². The molecule has 1 saturated carbocycles. The smallest absolute Gasteiger partial charge is 0.155 e. The lowest BCUT2D eigenvalue weighted by Gasteiger charge is -2.47. The summed E-state index contributed by atoms with van der Waals surface area (Å²) in [6, 6.07) is 0. The zero-order valence-electron chi connectivity index (χ0n) is 20.5. The van der Waals surface area contributed by atoms with Gasteiger partial charge in [0.1, 0.15) is 0 Å². The van der Waals surface area contributed by atoms with E-state index in [0.29, 0.717) is 23.5 Å². The average Bonchev–Trinajstić information content (AvgIpc) is 3.20. The summed E-state index contributed by atoms with van der Waals surface area (Å²) in [6.07, 6.45) is 20.3. The second kappa shape index (κ2) is 10.0. The molecule has 0 aromatic carbocycles. The third-order valence-electron chi connectivity index (χ3n) is 8.99. The van der Waals surface area contributed by atoms with Crippen molar-refractivity contribution in [2.75, 3.05) is 0 Å². The lowest BCUT2D eigenvalue weighted by atomic mass is 9.57. The molecule has 0 aromatic rings. The van der Waals surface area contributed by atoms with E-state index in [0.717, 1.165) is 37.0 Å². The summed E-state index contributed by atoms with van der Waals surface area (Å²) in [4.78, 5) is 12.1. The summed E-state index contributed by atoms with van der Waals surface area (Å²) in [5.41, 5.74) is 3.42. The first kappa shape index (κ1) is 23.6. The topological polar surface area (TPSA) is 17.1 Å². The summed E-state index contributed by atoms with van der Waals surface area (Å²) < 4.78 is 0. The number of carbonyl (C=O) groups is 1. The van der Waals surface area contributed by atoms with Gasteiger partial charge in [0, 0.05) is 6.42 Å². The number of carbonyl (C=O) groups excluding carboxylic acids is 1. The number of hydrogen-bond donors (Lipinski definition) is 0. The van der Waals surface area contributed by atoms with E-state index in [2.05, 4.69) is 59.8 Å². The van der Waals surface area contributed by atoms with E-state index in [9.17, 15) is 4.79 Å². The van der Waals surface area contributed by atoms with Crippen LogP contribution in [0.2, 0.25) is 0 Å². The molecule has 3 unspecified atom stereocenters. The van der Waals surface area contributed by atoms with Gasteiger partial charge in [-0.25, -0.2) is 0 Å². The van der Waals surface area contributed by atoms with E-state index in [1.807, 2.05) is 6.08 Å². The lowest BCUT2D eigenvalue weighted by Crippen LogP contribution is -2.38. The van der Waals surface area contributed by atoms with Gasteiger partial charge < -0.3 is 0 Å². The van der Waals surface area contributed by atoms with Gasteiger partial charge in [-0.1, -0.05) is 83.8 Å². The van der Waals surface area contributed by atoms with Crippen LogP contribution < -0.4 is 0 Å². The fourth-order valence-corrected chi connectivity index (χ4v) is 6.27. The monoisotopic (exact) mass is 410 g/mol. The molecule has 3 aliphatic carbocycles. The van der Waals surface area contributed by atoms with Crippen molar-refractivity contribution in [3.05, 3.63) is 35.5 Å². The summed E-state index contributed by atoms with van der Waals surface area (Å²) in [6.45, 7) is 14.2. The second-order valence-corrected chi connectivity index (χ2v) is 11.3. The predicted octanol–water partition coefficient (Wildman–Crippen LogP) is 8.32. The Morgan fingerprint density at radius 2 is 1.93 bits per heavy atom. The SMILES string of the molecule is CCCCC1C(C2CC[C@H]([C@H](C)/C=C/C(C)C(C)C)C2)=CCC2=CC(=O)CC[C@@]21C. The van der Waals surface area contributed by atoms with E-state index < -0.39 is 0 Å². The molecule has 0 amide bonds. The quantitative estimate of drug-likeness (QED) is 0.368. The molecule has 3 aliphatic rings. The number of unbranched alkanes of at least 4 members (excludes halogenated alkanes) is 1. The van der Waals surface area contributed by atoms with E-state index in [1.165, 1.54) is 44.1 Å². The van der Waals surface area contributed by atoms with Crippen LogP contribution in [0, 0.1) is 40.9 Å². The minimum absolute atomic E-state index is 0.226. The van der Waals surface area contributed by atoms with E-state index >= 15 is 0 Å². The van der Waals surface area contributed by atoms with E-state index in [1.54, 1.807) is 5.57 Å². The van der Waals surface area contributed by atoms with Gasteiger partial charge in [0.2, 0.25) is 0 Å². The molecular formula is C29H46O. The van der Waals surface area contributed by atoms with Crippen molar-refractivity contribution in [1.29, 1.82) is 0 Å². The minimum atomic E-state index is 0.226. The highest BCUT2D eigenvalue weighted by Crippen LogP contribution is 2.56. The van der Waals surface area contributed by atoms with Crippen LogP contribution in [-0.2, 0) is 4.79 Å². The maximum atomic E-state index is 12.1. The van der Waals surface area contributed by atoms with Gasteiger partial charge in [0.05, 0.1) is 0 Å². The largest absolute Gasteiger partial charge is 0.295 e. The predicted molar refractivity (Wildman–Crippen MR) is 129 cm³/mol. The van der Waals surface area contributed by atoms with Crippen LogP contribution in [0.1, 0.15) is 99.3 Å². The molecule has 168 valence electrons. The highest BCUT2D eigenvalue weighted by molar-refractivity contribution is 5.91. The van der Waals surface area contributed by atoms with Crippen LogP contribution in [0.3, 0.4) is 0 Å². The van der Waals surface area contributed by atoms with Gasteiger partial charge in [-0.15, -0.1) is 0 Å². The zero-order chi connectivity index (χ0) is 21.9.